The van der Waals surface area contributed by atoms with Crippen LogP contribution < -0.4 is 0 Å². The molecule has 1 heterocycles. The Kier molecular flexibility index (Phi) is 4.89. The van der Waals surface area contributed by atoms with Crippen molar-refractivity contribution in [3.63, 3.8) is 0 Å². The van der Waals surface area contributed by atoms with Gasteiger partial charge in [0, 0.05) is 6.42 Å². The molecule has 1 aromatic rings. The van der Waals surface area contributed by atoms with E-state index in [-0.39, 0.29) is 5.75 Å². The Morgan fingerprint density at radius 2 is 2.36 bits per heavy atom. The molecular formula is C8H12N2O2S2. The smallest absolute Gasteiger partial charge is 0.313 e. The zero-order valence-electron chi connectivity index (χ0n) is 7.89. The van der Waals surface area contributed by atoms with Crippen LogP contribution >= 0.6 is 23.1 Å². The SMILES string of the molecule is CCCCc1nnc(SCC(=O)O)s1. The Labute approximate surface area is 90.7 Å². The van der Waals surface area contributed by atoms with Crippen LogP contribution in [-0.4, -0.2) is 27.0 Å². The molecule has 14 heavy (non-hydrogen) atoms. The zero-order chi connectivity index (χ0) is 10.4. The summed E-state index contributed by atoms with van der Waals surface area (Å²) in [5.41, 5.74) is 0. The van der Waals surface area contributed by atoms with E-state index >= 15 is 0 Å². The molecule has 0 aliphatic rings. The van der Waals surface area contributed by atoms with Gasteiger partial charge in [0.25, 0.3) is 0 Å². The van der Waals surface area contributed by atoms with Crippen LogP contribution in [0.4, 0.5) is 0 Å². The van der Waals surface area contributed by atoms with Crippen LogP contribution in [-0.2, 0) is 11.2 Å². The molecule has 0 spiro atoms. The second kappa shape index (κ2) is 5.98. The fraction of sp³-hybridized carbons (Fsp3) is 0.625. The average molecular weight is 232 g/mol. The lowest BCUT2D eigenvalue weighted by atomic mass is 10.3. The number of rotatable bonds is 6. The molecule has 0 fully saturated rings. The molecule has 0 aliphatic carbocycles. The van der Waals surface area contributed by atoms with Crippen LogP contribution in [0.3, 0.4) is 0 Å². The zero-order valence-corrected chi connectivity index (χ0v) is 9.53. The molecular weight excluding hydrogens is 220 g/mol. The lowest BCUT2D eigenvalue weighted by Gasteiger charge is -1.89. The standard InChI is InChI=1S/C8H12N2O2S2/c1-2-3-4-6-9-10-8(14-6)13-5-7(11)12/h2-5H2,1H3,(H,11,12). The molecule has 0 aliphatic heterocycles. The van der Waals surface area contributed by atoms with Crippen molar-refractivity contribution < 1.29 is 9.90 Å². The fourth-order valence-electron chi connectivity index (χ4n) is 0.849. The summed E-state index contributed by atoms with van der Waals surface area (Å²) in [6.45, 7) is 2.13. The average Bonchev–Trinajstić information content (AvgIpc) is 2.59. The number of unbranched alkanes of at least 4 members (excludes halogenated alkanes) is 1. The van der Waals surface area contributed by atoms with Gasteiger partial charge in [-0.2, -0.15) is 0 Å². The number of aryl methyl sites for hydroxylation is 1. The first-order valence-corrected chi connectivity index (χ1v) is 6.19. The monoisotopic (exact) mass is 232 g/mol. The number of aromatic nitrogens is 2. The minimum Gasteiger partial charge on any atom is -0.481 e. The third-order valence-electron chi connectivity index (χ3n) is 1.51. The maximum absolute atomic E-state index is 10.3. The van der Waals surface area contributed by atoms with Crippen molar-refractivity contribution >= 4 is 29.1 Å². The van der Waals surface area contributed by atoms with Crippen LogP contribution in [0.15, 0.2) is 4.34 Å². The highest BCUT2D eigenvalue weighted by Gasteiger charge is 2.06. The Morgan fingerprint density at radius 1 is 1.57 bits per heavy atom. The molecule has 1 aromatic heterocycles. The normalized spacial score (nSPS) is 10.4. The van der Waals surface area contributed by atoms with Gasteiger partial charge in [0.15, 0.2) is 4.34 Å². The number of carbonyl (C=O) groups is 1. The molecule has 0 unspecified atom stereocenters. The van der Waals surface area contributed by atoms with Gasteiger partial charge in [0.05, 0.1) is 5.75 Å². The second-order valence-corrected chi connectivity index (χ2v) is 5.03. The van der Waals surface area contributed by atoms with E-state index < -0.39 is 5.97 Å². The molecule has 0 saturated heterocycles. The number of nitrogens with zero attached hydrogens (tertiary/aromatic N) is 2. The topological polar surface area (TPSA) is 63.1 Å². The minimum atomic E-state index is -0.819. The number of carboxylic acid groups (broad SMARTS) is 1. The highest BCUT2D eigenvalue weighted by Crippen LogP contribution is 2.22. The van der Waals surface area contributed by atoms with Crippen molar-refractivity contribution in [3.05, 3.63) is 5.01 Å². The predicted molar refractivity (Wildman–Crippen MR) is 56.9 cm³/mol. The summed E-state index contributed by atoms with van der Waals surface area (Å²) in [5.74, 6) is -0.761. The summed E-state index contributed by atoms with van der Waals surface area (Å²) < 4.78 is 0.749. The molecule has 0 saturated carbocycles. The van der Waals surface area contributed by atoms with Gasteiger partial charge in [-0.05, 0) is 6.42 Å². The van der Waals surface area contributed by atoms with Crippen molar-refractivity contribution in [2.75, 3.05) is 5.75 Å². The molecule has 78 valence electrons. The first-order chi connectivity index (χ1) is 6.72. The third kappa shape index (κ3) is 4.06. The molecule has 1 rings (SSSR count). The van der Waals surface area contributed by atoms with Gasteiger partial charge in [-0.25, -0.2) is 0 Å². The summed E-state index contributed by atoms with van der Waals surface area (Å²) in [6, 6.07) is 0. The van der Waals surface area contributed by atoms with E-state index in [0.29, 0.717) is 0 Å². The Hall–Kier alpha value is -0.620. The van der Waals surface area contributed by atoms with Gasteiger partial charge in [0.1, 0.15) is 5.01 Å². The van der Waals surface area contributed by atoms with Gasteiger partial charge in [-0.15, -0.1) is 10.2 Å². The van der Waals surface area contributed by atoms with Gasteiger partial charge in [-0.3, -0.25) is 4.79 Å². The van der Waals surface area contributed by atoms with Crippen LogP contribution in [0.25, 0.3) is 0 Å². The molecule has 1 N–H and O–H groups in total. The van der Waals surface area contributed by atoms with Gasteiger partial charge >= 0.3 is 5.97 Å². The van der Waals surface area contributed by atoms with E-state index in [1.54, 1.807) is 0 Å². The number of carboxylic acids is 1. The van der Waals surface area contributed by atoms with Crippen LogP contribution in [0.2, 0.25) is 0 Å². The van der Waals surface area contributed by atoms with Crippen LogP contribution in [0, 0.1) is 0 Å². The van der Waals surface area contributed by atoms with Crippen molar-refractivity contribution in [2.45, 2.75) is 30.5 Å². The minimum absolute atomic E-state index is 0.0579. The molecule has 6 heteroatoms. The number of hydrogen-bond donors (Lipinski definition) is 1. The molecule has 4 nitrogen and oxygen atoms in total. The van der Waals surface area contributed by atoms with E-state index in [0.717, 1.165) is 28.6 Å². The number of thioether (sulfide) groups is 1. The molecule has 0 aromatic carbocycles. The van der Waals surface area contributed by atoms with Crippen LogP contribution in [0.5, 0.6) is 0 Å². The lowest BCUT2D eigenvalue weighted by Crippen LogP contribution is -1.96. The summed E-state index contributed by atoms with van der Waals surface area (Å²) >= 11 is 2.72. The fourth-order valence-corrected chi connectivity index (χ4v) is 2.51. The molecule has 0 radical (unpaired) electrons. The van der Waals surface area contributed by atoms with Gasteiger partial charge in [0.2, 0.25) is 0 Å². The highest BCUT2D eigenvalue weighted by atomic mass is 32.2. The predicted octanol–water partition coefficient (Wildman–Crippen LogP) is 2.06. The Balaban J connectivity index is 2.38. The quantitative estimate of drug-likeness (QED) is 0.761. The van der Waals surface area contributed by atoms with Crippen molar-refractivity contribution in [1.29, 1.82) is 0 Å². The molecule has 0 bridgehead atoms. The maximum Gasteiger partial charge on any atom is 0.313 e. The van der Waals surface area contributed by atoms with E-state index in [2.05, 4.69) is 17.1 Å². The van der Waals surface area contributed by atoms with Crippen molar-refractivity contribution in [2.24, 2.45) is 0 Å². The summed E-state index contributed by atoms with van der Waals surface area (Å²) in [4.78, 5) is 10.3. The van der Waals surface area contributed by atoms with E-state index in [4.69, 9.17) is 5.11 Å². The van der Waals surface area contributed by atoms with E-state index in [1.165, 1.54) is 23.1 Å². The first kappa shape index (κ1) is 11.5. The summed E-state index contributed by atoms with van der Waals surface area (Å²) in [5, 5.41) is 17.4. The number of aliphatic carboxylic acids is 1. The maximum atomic E-state index is 10.3. The highest BCUT2D eigenvalue weighted by molar-refractivity contribution is 8.01. The van der Waals surface area contributed by atoms with Gasteiger partial charge in [-0.1, -0.05) is 36.4 Å². The third-order valence-corrected chi connectivity index (χ3v) is 3.61. The Morgan fingerprint density at radius 3 is 3.00 bits per heavy atom. The second-order valence-electron chi connectivity index (χ2n) is 2.75. The van der Waals surface area contributed by atoms with E-state index in [1.807, 2.05) is 0 Å². The van der Waals surface area contributed by atoms with Gasteiger partial charge < -0.3 is 5.11 Å². The van der Waals surface area contributed by atoms with Crippen molar-refractivity contribution in [1.82, 2.24) is 10.2 Å². The summed E-state index contributed by atoms with van der Waals surface area (Å²) in [6.07, 6.45) is 3.19. The van der Waals surface area contributed by atoms with Crippen LogP contribution in [0.1, 0.15) is 24.8 Å². The lowest BCUT2D eigenvalue weighted by molar-refractivity contribution is -0.133. The van der Waals surface area contributed by atoms with E-state index in [9.17, 15) is 4.79 Å². The molecule has 0 amide bonds. The largest absolute Gasteiger partial charge is 0.481 e. The molecule has 0 atom stereocenters. The summed E-state index contributed by atoms with van der Waals surface area (Å²) in [7, 11) is 0. The number of hydrogen-bond acceptors (Lipinski definition) is 5. The Bertz CT molecular complexity index is 301. The van der Waals surface area contributed by atoms with Crippen molar-refractivity contribution in [3.8, 4) is 0 Å². The first-order valence-electron chi connectivity index (χ1n) is 4.39.